The maximum absolute atomic E-state index is 14.9. The first kappa shape index (κ1) is 17.5. The molecular formula is C17H24FNO3Si. The average Bonchev–Trinajstić information content (AvgIpc) is 2.77. The van der Waals surface area contributed by atoms with Crippen LogP contribution in [-0.2, 0) is 9.83 Å². The van der Waals surface area contributed by atoms with Gasteiger partial charge in [0.2, 0.25) is 0 Å². The monoisotopic (exact) mass is 337 g/mol. The van der Waals surface area contributed by atoms with Gasteiger partial charge in [0, 0.05) is 16.6 Å². The highest BCUT2D eigenvalue weighted by Gasteiger charge is 2.52. The molecule has 2 N–H and O–H groups in total. The number of fused-ring (bicyclic) bond motifs is 1. The average molecular weight is 337 g/mol. The number of aryl methyl sites for hydroxylation is 1. The summed E-state index contributed by atoms with van der Waals surface area (Å²) in [4.78, 5) is 15.5. The Morgan fingerprint density at radius 3 is 2.43 bits per heavy atom. The number of rotatable bonds is 5. The highest BCUT2D eigenvalue weighted by atomic mass is 28.3. The fourth-order valence-electron chi connectivity index (χ4n) is 3.71. The number of carbonyl (C=O) groups is 1. The number of aromatic nitrogens is 1. The first-order valence-corrected chi connectivity index (χ1v) is 11.2. The summed E-state index contributed by atoms with van der Waals surface area (Å²) in [6.07, 6.45) is 0.419. The van der Waals surface area contributed by atoms with Gasteiger partial charge in [0.1, 0.15) is 0 Å². The zero-order valence-corrected chi connectivity index (χ0v) is 15.5. The van der Waals surface area contributed by atoms with E-state index >= 15 is 0 Å². The van der Waals surface area contributed by atoms with Gasteiger partial charge in [-0.3, -0.25) is 4.79 Å². The molecule has 2 rings (SSSR count). The quantitative estimate of drug-likeness (QED) is 0.803. The molecule has 126 valence electrons. The number of hydrogen-bond donors (Lipinski definition) is 2. The SMILES string of the molecule is CCC(C(=O)O)(c1c(C)[nH]c2ccc(OC)c(F)c12)[Si](C)(C)C. The fraction of sp³-hybridized carbons (Fsp3) is 0.471. The molecular weight excluding hydrogens is 313 g/mol. The minimum atomic E-state index is -2.23. The molecule has 6 heteroatoms. The molecule has 0 radical (unpaired) electrons. The normalized spacial score (nSPS) is 14.7. The molecule has 1 unspecified atom stereocenters. The number of hydrogen-bond acceptors (Lipinski definition) is 2. The maximum Gasteiger partial charge on any atom is 0.311 e. The molecule has 1 aromatic heterocycles. The van der Waals surface area contributed by atoms with E-state index in [0.29, 0.717) is 28.6 Å². The number of methoxy groups -OCH3 is 1. The van der Waals surface area contributed by atoms with Gasteiger partial charge in [-0.2, -0.15) is 0 Å². The van der Waals surface area contributed by atoms with Crippen molar-refractivity contribution in [3.8, 4) is 5.75 Å². The standard InChI is InChI=1S/C17H24FNO3Si/c1-7-17(16(20)21,23(4,5)6)14-10(2)19-11-8-9-12(22-3)15(18)13(11)14/h8-9,19H,7H2,1-6H3,(H,20,21). The second-order valence-electron chi connectivity index (χ2n) is 6.94. The van der Waals surface area contributed by atoms with Crippen LogP contribution in [0.4, 0.5) is 4.39 Å². The molecule has 0 amide bonds. The summed E-state index contributed by atoms with van der Waals surface area (Å²) in [5, 5.41) is 9.37. The molecule has 0 spiro atoms. The van der Waals surface area contributed by atoms with Crippen LogP contribution in [0.2, 0.25) is 19.6 Å². The smallest absolute Gasteiger partial charge is 0.311 e. The van der Waals surface area contributed by atoms with Gasteiger partial charge in [-0.05, 0) is 31.0 Å². The highest BCUT2D eigenvalue weighted by molar-refractivity contribution is 6.82. The second-order valence-corrected chi connectivity index (χ2v) is 12.3. The van der Waals surface area contributed by atoms with Crippen molar-refractivity contribution >= 4 is 24.9 Å². The Kier molecular flexibility index (Phi) is 4.32. The molecule has 0 aliphatic heterocycles. The van der Waals surface area contributed by atoms with Gasteiger partial charge in [0.05, 0.1) is 20.2 Å². The molecule has 4 nitrogen and oxygen atoms in total. The number of benzene rings is 1. The molecule has 0 saturated carbocycles. The van der Waals surface area contributed by atoms with Crippen LogP contribution in [-0.4, -0.2) is 31.2 Å². The summed E-state index contributed by atoms with van der Waals surface area (Å²) in [6, 6.07) is 3.29. The van der Waals surface area contributed by atoms with Gasteiger partial charge < -0.3 is 14.8 Å². The largest absolute Gasteiger partial charge is 0.494 e. The number of ether oxygens (including phenoxy) is 1. The number of halogens is 1. The zero-order chi connectivity index (χ0) is 17.6. The van der Waals surface area contributed by atoms with Gasteiger partial charge in [-0.15, -0.1) is 0 Å². The van der Waals surface area contributed by atoms with Crippen LogP contribution in [0.25, 0.3) is 10.9 Å². The number of aromatic amines is 1. The van der Waals surface area contributed by atoms with Gasteiger partial charge in [-0.1, -0.05) is 26.6 Å². The number of nitrogens with one attached hydrogen (secondary N) is 1. The fourth-order valence-corrected chi connectivity index (χ4v) is 6.47. The van der Waals surface area contributed by atoms with E-state index in [1.54, 1.807) is 12.1 Å². The van der Waals surface area contributed by atoms with Crippen LogP contribution in [0.15, 0.2) is 12.1 Å². The van der Waals surface area contributed by atoms with E-state index in [-0.39, 0.29) is 5.75 Å². The van der Waals surface area contributed by atoms with Crippen molar-refractivity contribution in [2.24, 2.45) is 0 Å². The van der Waals surface area contributed by atoms with Crippen LogP contribution in [0.1, 0.15) is 24.6 Å². The lowest BCUT2D eigenvalue weighted by Crippen LogP contribution is -2.55. The Balaban J connectivity index is 3.00. The van der Waals surface area contributed by atoms with Crippen molar-refractivity contribution < 1.29 is 19.0 Å². The Bertz CT molecular complexity index is 763. The lowest BCUT2D eigenvalue weighted by Gasteiger charge is -2.40. The topological polar surface area (TPSA) is 62.3 Å². The van der Waals surface area contributed by atoms with Gasteiger partial charge in [0.15, 0.2) is 11.6 Å². The lowest BCUT2D eigenvalue weighted by molar-refractivity contribution is -0.141. The van der Waals surface area contributed by atoms with E-state index < -0.39 is 24.9 Å². The maximum atomic E-state index is 14.9. The molecule has 0 fully saturated rings. The van der Waals surface area contributed by atoms with Crippen LogP contribution in [0, 0.1) is 12.7 Å². The van der Waals surface area contributed by atoms with E-state index in [0.717, 1.165) is 0 Å². The zero-order valence-electron chi connectivity index (χ0n) is 14.5. The molecule has 0 bridgehead atoms. The first-order valence-electron chi connectivity index (χ1n) is 7.70. The summed E-state index contributed by atoms with van der Waals surface area (Å²) >= 11 is 0. The Labute approximate surface area is 136 Å². The number of carboxylic acid groups (broad SMARTS) is 1. The summed E-state index contributed by atoms with van der Waals surface area (Å²) in [5.41, 5.74) is 1.88. The molecule has 1 atom stereocenters. The summed E-state index contributed by atoms with van der Waals surface area (Å²) in [5.74, 6) is -1.25. The van der Waals surface area contributed by atoms with Gasteiger partial charge in [0.25, 0.3) is 0 Å². The van der Waals surface area contributed by atoms with Crippen molar-refractivity contribution in [3.05, 3.63) is 29.2 Å². The predicted molar refractivity (Wildman–Crippen MR) is 92.5 cm³/mol. The second kappa shape index (κ2) is 5.67. The molecule has 1 aromatic carbocycles. The van der Waals surface area contributed by atoms with Crippen LogP contribution >= 0.6 is 0 Å². The van der Waals surface area contributed by atoms with Gasteiger partial charge >= 0.3 is 5.97 Å². The van der Waals surface area contributed by atoms with E-state index in [2.05, 4.69) is 4.98 Å². The van der Waals surface area contributed by atoms with Crippen molar-refractivity contribution in [1.82, 2.24) is 4.98 Å². The lowest BCUT2D eigenvalue weighted by atomic mass is 9.92. The highest BCUT2D eigenvalue weighted by Crippen LogP contribution is 2.45. The third kappa shape index (κ3) is 2.36. The minimum absolute atomic E-state index is 0.128. The Morgan fingerprint density at radius 1 is 1.39 bits per heavy atom. The van der Waals surface area contributed by atoms with Crippen molar-refractivity contribution in [2.45, 2.75) is 44.9 Å². The number of carboxylic acids is 1. The van der Waals surface area contributed by atoms with Crippen molar-refractivity contribution in [2.75, 3.05) is 7.11 Å². The molecule has 0 aliphatic carbocycles. The van der Waals surface area contributed by atoms with Gasteiger partial charge in [-0.25, -0.2) is 4.39 Å². The first-order chi connectivity index (χ1) is 10.6. The molecule has 2 aromatic rings. The Morgan fingerprint density at radius 2 is 2.00 bits per heavy atom. The number of H-pyrrole nitrogens is 1. The van der Waals surface area contributed by atoms with Crippen molar-refractivity contribution in [1.29, 1.82) is 0 Å². The minimum Gasteiger partial charge on any atom is -0.494 e. The van der Waals surface area contributed by atoms with Crippen LogP contribution in [0.3, 0.4) is 0 Å². The van der Waals surface area contributed by atoms with E-state index in [1.165, 1.54) is 7.11 Å². The van der Waals surface area contributed by atoms with E-state index in [9.17, 15) is 14.3 Å². The summed E-state index contributed by atoms with van der Waals surface area (Å²) < 4.78 is 20.0. The van der Waals surface area contributed by atoms with E-state index in [1.807, 2.05) is 33.5 Å². The van der Waals surface area contributed by atoms with Crippen LogP contribution < -0.4 is 4.74 Å². The summed E-state index contributed by atoms with van der Waals surface area (Å²) in [6.45, 7) is 9.72. The van der Waals surface area contributed by atoms with Crippen LogP contribution in [0.5, 0.6) is 5.75 Å². The molecule has 23 heavy (non-hydrogen) atoms. The predicted octanol–water partition coefficient (Wildman–Crippen LogP) is 4.23. The third-order valence-corrected chi connectivity index (χ3v) is 8.25. The molecule has 1 heterocycles. The third-order valence-electron chi connectivity index (χ3n) is 4.88. The molecule has 0 saturated heterocycles. The molecule has 0 aliphatic rings. The van der Waals surface area contributed by atoms with E-state index in [4.69, 9.17) is 4.74 Å². The number of aliphatic carboxylic acids is 1. The summed E-state index contributed by atoms with van der Waals surface area (Å²) in [7, 11) is -0.822. The Hall–Kier alpha value is -1.82. The van der Waals surface area contributed by atoms with Crippen molar-refractivity contribution in [3.63, 3.8) is 0 Å².